The molecule has 0 saturated carbocycles. The van der Waals surface area contributed by atoms with Crippen molar-refractivity contribution in [1.82, 2.24) is 0 Å². The van der Waals surface area contributed by atoms with Crippen molar-refractivity contribution in [3.05, 3.63) is 163 Å². The second-order valence-electron chi connectivity index (χ2n) is 10.9. The molecule has 0 amide bonds. The minimum atomic E-state index is 0.458. The van der Waals surface area contributed by atoms with E-state index in [9.17, 15) is 0 Å². The molecule has 0 spiro atoms. The van der Waals surface area contributed by atoms with Crippen molar-refractivity contribution in [3.63, 3.8) is 0 Å². The molecule has 1 heteroatoms. The van der Waals surface area contributed by atoms with Gasteiger partial charge in [-0.1, -0.05) is 128 Å². The van der Waals surface area contributed by atoms with Gasteiger partial charge in [0.2, 0.25) is 0 Å². The molecule has 6 rings (SSSR count). The van der Waals surface area contributed by atoms with Crippen LogP contribution in [0.25, 0.3) is 60.1 Å². The average Bonchev–Trinajstić information content (AvgIpc) is 3.02. The normalized spacial score (nSPS) is 11.9. The van der Waals surface area contributed by atoms with Gasteiger partial charge in [-0.25, -0.2) is 0 Å². The highest BCUT2D eigenvalue weighted by Crippen LogP contribution is 2.44. The maximum atomic E-state index is 8.36. The van der Waals surface area contributed by atoms with Crippen LogP contribution in [0.5, 0.6) is 0 Å². The molecule has 1 nitrogen and oxygen atoms in total. The molecule has 0 aliphatic rings. The number of hydrogen-bond acceptors (Lipinski definition) is 1. The number of fused-ring (bicyclic) bond motifs is 3. The first-order chi connectivity index (χ1) is 20.4. The van der Waals surface area contributed by atoms with Gasteiger partial charge < -0.3 is 5.41 Å². The molecule has 0 bridgehead atoms. The van der Waals surface area contributed by atoms with Crippen molar-refractivity contribution >= 4 is 43.6 Å². The number of hydrogen-bond donors (Lipinski definition) is 1. The average molecular weight is 540 g/mol. The Morgan fingerprint density at radius 1 is 0.571 bits per heavy atom. The van der Waals surface area contributed by atoms with E-state index in [1.807, 2.05) is 26.0 Å². The van der Waals surface area contributed by atoms with Crippen molar-refractivity contribution < 1.29 is 0 Å². The summed E-state index contributed by atoms with van der Waals surface area (Å²) >= 11 is 0. The smallest absolute Gasteiger partial charge is 0.0569 e. The molecular weight excluding hydrogens is 506 g/mol. The van der Waals surface area contributed by atoms with E-state index in [0.29, 0.717) is 5.71 Å². The third-order valence-corrected chi connectivity index (χ3v) is 7.84. The topological polar surface area (TPSA) is 23.9 Å². The second-order valence-corrected chi connectivity index (χ2v) is 10.9. The monoisotopic (exact) mass is 539 g/mol. The minimum absolute atomic E-state index is 0.458. The second kappa shape index (κ2) is 11.3. The summed E-state index contributed by atoms with van der Waals surface area (Å²) in [5.74, 6) is 0. The molecule has 1 N–H and O–H groups in total. The number of rotatable bonds is 7. The summed E-state index contributed by atoms with van der Waals surface area (Å²) in [5, 5.41) is 15.7. The van der Waals surface area contributed by atoms with Crippen molar-refractivity contribution in [1.29, 1.82) is 5.41 Å². The van der Waals surface area contributed by atoms with Crippen LogP contribution in [0.2, 0.25) is 0 Å². The first kappa shape index (κ1) is 26.9. The van der Waals surface area contributed by atoms with Gasteiger partial charge in [-0.3, -0.25) is 0 Å². The zero-order valence-electron chi connectivity index (χ0n) is 24.1. The van der Waals surface area contributed by atoms with Crippen LogP contribution < -0.4 is 0 Å². The van der Waals surface area contributed by atoms with Gasteiger partial charge in [-0.15, -0.1) is 0 Å². The van der Waals surface area contributed by atoms with E-state index >= 15 is 0 Å². The molecule has 0 heterocycles. The molecule has 0 atom stereocenters. The van der Waals surface area contributed by atoms with Gasteiger partial charge in [0.1, 0.15) is 0 Å². The maximum Gasteiger partial charge on any atom is 0.0569 e. The molecule has 6 aromatic rings. The molecule has 0 saturated heterocycles. The molecule has 0 fully saturated rings. The third kappa shape index (κ3) is 5.13. The Bertz CT molecular complexity index is 2030. The predicted octanol–water partition coefficient (Wildman–Crippen LogP) is 11.6. The highest BCUT2D eigenvalue weighted by atomic mass is 14.4. The van der Waals surface area contributed by atoms with Crippen LogP contribution in [-0.2, 0) is 0 Å². The Kier molecular flexibility index (Phi) is 7.25. The maximum absolute atomic E-state index is 8.36. The Balaban J connectivity index is 1.50. The van der Waals surface area contributed by atoms with Gasteiger partial charge >= 0.3 is 0 Å². The van der Waals surface area contributed by atoms with Crippen LogP contribution in [0.4, 0.5) is 0 Å². The van der Waals surface area contributed by atoms with Crippen LogP contribution >= 0.6 is 0 Å². The fraction of sp³-hybridized carbons (Fsp3) is 0.0488. The standard InChI is InChI=1S/C41H33N/c1-27(2)18-23-39(42)29(4)24-28(3)32-21-19-30-20-22-33(26-34(30)25-32)41-37-16-10-8-14-35(37)40(31-12-6-5-7-13-31)36-15-9-11-17-38(36)41/h5-26,42H,1,3H2,2,4H3/b23-18-,29-24+,42-39?. The minimum Gasteiger partial charge on any atom is -0.301 e. The molecule has 0 aliphatic heterocycles. The molecule has 0 radical (unpaired) electrons. The summed E-state index contributed by atoms with van der Waals surface area (Å²) in [7, 11) is 0. The summed E-state index contributed by atoms with van der Waals surface area (Å²) in [6.07, 6.45) is 5.63. The highest BCUT2D eigenvalue weighted by molar-refractivity contribution is 6.21. The third-order valence-electron chi connectivity index (χ3n) is 7.84. The first-order valence-electron chi connectivity index (χ1n) is 14.2. The van der Waals surface area contributed by atoms with Crippen molar-refractivity contribution in [2.24, 2.45) is 0 Å². The van der Waals surface area contributed by atoms with Crippen LogP contribution in [0.3, 0.4) is 0 Å². The van der Waals surface area contributed by atoms with E-state index in [-0.39, 0.29) is 0 Å². The van der Waals surface area contributed by atoms with Gasteiger partial charge in [0.15, 0.2) is 0 Å². The fourth-order valence-electron chi connectivity index (χ4n) is 5.74. The van der Waals surface area contributed by atoms with E-state index in [2.05, 4.69) is 128 Å². The molecule has 6 aromatic carbocycles. The summed E-state index contributed by atoms with van der Waals surface area (Å²) in [6.45, 7) is 12.1. The van der Waals surface area contributed by atoms with Gasteiger partial charge in [0.05, 0.1) is 5.71 Å². The molecule has 0 unspecified atom stereocenters. The van der Waals surface area contributed by atoms with E-state index in [1.54, 1.807) is 6.08 Å². The van der Waals surface area contributed by atoms with Gasteiger partial charge in [0.25, 0.3) is 0 Å². The fourth-order valence-corrected chi connectivity index (χ4v) is 5.74. The summed E-state index contributed by atoms with van der Waals surface area (Å²) in [4.78, 5) is 0. The van der Waals surface area contributed by atoms with E-state index in [0.717, 1.165) is 27.7 Å². The van der Waals surface area contributed by atoms with Crippen LogP contribution in [0.1, 0.15) is 19.4 Å². The highest BCUT2D eigenvalue weighted by Gasteiger charge is 2.16. The first-order valence-corrected chi connectivity index (χ1v) is 14.2. The van der Waals surface area contributed by atoms with Crippen LogP contribution in [-0.4, -0.2) is 5.71 Å². The molecule has 42 heavy (non-hydrogen) atoms. The largest absolute Gasteiger partial charge is 0.301 e. The van der Waals surface area contributed by atoms with Crippen molar-refractivity contribution in [3.8, 4) is 22.3 Å². The number of allylic oxidation sites excluding steroid dienone is 6. The van der Waals surface area contributed by atoms with Crippen molar-refractivity contribution in [2.45, 2.75) is 13.8 Å². The van der Waals surface area contributed by atoms with Gasteiger partial charge in [-0.05, 0) is 109 Å². The van der Waals surface area contributed by atoms with Crippen molar-refractivity contribution in [2.75, 3.05) is 0 Å². The SMILES string of the molecule is C=C(C)/C=C\C(=N)/C(C)=C/C(=C)c1ccc2ccc(-c3c4ccccc4c(-c4ccccc4)c4ccccc34)cc2c1. The van der Waals surface area contributed by atoms with Crippen LogP contribution in [0, 0.1) is 5.41 Å². The van der Waals surface area contributed by atoms with E-state index < -0.39 is 0 Å². The van der Waals surface area contributed by atoms with Gasteiger partial charge in [0, 0.05) is 0 Å². The zero-order chi connectivity index (χ0) is 29.2. The molecule has 0 aliphatic carbocycles. The Morgan fingerprint density at radius 2 is 1.12 bits per heavy atom. The molecule has 202 valence electrons. The quantitative estimate of drug-likeness (QED) is 0.118. The number of benzene rings is 6. The molecule has 0 aromatic heterocycles. The van der Waals surface area contributed by atoms with E-state index in [4.69, 9.17) is 5.41 Å². The van der Waals surface area contributed by atoms with Gasteiger partial charge in [-0.2, -0.15) is 0 Å². The lowest BCUT2D eigenvalue weighted by Crippen LogP contribution is -1.94. The van der Waals surface area contributed by atoms with E-state index in [1.165, 1.54) is 49.2 Å². The summed E-state index contributed by atoms with van der Waals surface area (Å²) in [6, 6.07) is 41.5. The van der Waals surface area contributed by atoms with Crippen LogP contribution in [0.15, 0.2) is 158 Å². The lowest BCUT2D eigenvalue weighted by Gasteiger charge is -2.18. The Labute approximate surface area is 248 Å². The Hall–Kier alpha value is -5.27. The predicted molar refractivity (Wildman–Crippen MR) is 184 cm³/mol. The summed E-state index contributed by atoms with van der Waals surface area (Å²) < 4.78 is 0. The lowest BCUT2D eigenvalue weighted by atomic mass is 9.85. The lowest BCUT2D eigenvalue weighted by molar-refractivity contribution is 1.45. The zero-order valence-corrected chi connectivity index (χ0v) is 24.1. The summed E-state index contributed by atoms with van der Waals surface area (Å²) in [5.41, 5.74) is 9.12. The molecular formula is C41H33N. The Morgan fingerprint density at radius 3 is 1.71 bits per heavy atom. The number of nitrogens with one attached hydrogen (secondary N) is 1.